The highest BCUT2D eigenvalue weighted by Gasteiger charge is 2.26. The number of piperidine rings is 1. The van der Waals surface area contributed by atoms with Gasteiger partial charge in [0.05, 0.1) is 27.8 Å². The lowest BCUT2D eigenvalue weighted by molar-refractivity contribution is 0.102. The Kier molecular flexibility index (Phi) is 5.70. The zero-order valence-electron chi connectivity index (χ0n) is 19.0. The first-order valence-electron chi connectivity index (χ1n) is 11.1. The smallest absolute Gasteiger partial charge is 0.256 e. The summed E-state index contributed by atoms with van der Waals surface area (Å²) in [4.78, 5) is 18.2. The van der Waals surface area contributed by atoms with Crippen LogP contribution in [0.3, 0.4) is 0 Å². The third-order valence-corrected chi connectivity index (χ3v) is 7.93. The Morgan fingerprint density at radius 3 is 2.62 bits per heavy atom. The van der Waals surface area contributed by atoms with E-state index in [4.69, 9.17) is 4.42 Å². The summed E-state index contributed by atoms with van der Waals surface area (Å²) < 4.78 is 34.8. The van der Waals surface area contributed by atoms with Crippen LogP contribution in [0.1, 0.15) is 35.3 Å². The van der Waals surface area contributed by atoms with E-state index in [0.717, 1.165) is 19.3 Å². The van der Waals surface area contributed by atoms with Gasteiger partial charge in [-0.1, -0.05) is 12.5 Å². The highest BCUT2D eigenvalue weighted by molar-refractivity contribution is 7.89. The van der Waals surface area contributed by atoms with Gasteiger partial charge in [-0.25, -0.2) is 13.4 Å². The zero-order chi connectivity index (χ0) is 23.9. The standard InChI is InChI=1S/C24H25N5O4S/c1-16-22-19(15-20(21-10-7-13-33-21)26-23(22)28(2)27-16)24(30)25-17-8-6-9-18(14-17)34(31,32)29-11-4-3-5-12-29/h6-10,13-15H,3-5,11-12H2,1-2H3,(H,25,30). The number of aromatic nitrogens is 3. The molecule has 1 aromatic carbocycles. The number of carbonyl (C=O) groups is 1. The molecule has 0 aliphatic carbocycles. The van der Waals surface area contributed by atoms with Crippen LogP contribution in [-0.2, 0) is 17.1 Å². The van der Waals surface area contributed by atoms with Crippen LogP contribution in [0.15, 0.2) is 58.0 Å². The molecule has 176 valence electrons. The molecule has 0 unspecified atom stereocenters. The number of amides is 1. The van der Waals surface area contributed by atoms with E-state index in [1.165, 1.54) is 10.4 Å². The molecule has 0 bridgehead atoms. The number of aryl methyl sites for hydroxylation is 2. The Bertz CT molecular complexity index is 1470. The highest BCUT2D eigenvalue weighted by atomic mass is 32.2. The Morgan fingerprint density at radius 1 is 1.09 bits per heavy atom. The van der Waals surface area contributed by atoms with Gasteiger partial charge < -0.3 is 9.73 Å². The van der Waals surface area contributed by atoms with Crippen LogP contribution in [0.4, 0.5) is 5.69 Å². The van der Waals surface area contributed by atoms with Crippen molar-refractivity contribution in [2.24, 2.45) is 7.05 Å². The largest absolute Gasteiger partial charge is 0.463 e. The van der Waals surface area contributed by atoms with Crippen molar-refractivity contribution < 1.29 is 17.6 Å². The minimum atomic E-state index is -3.61. The van der Waals surface area contributed by atoms with Gasteiger partial charge in [-0.3, -0.25) is 9.48 Å². The number of hydrogen-bond donors (Lipinski definition) is 1. The number of hydrogen-bond acceptors (Lipinski definition) is 6. The first-order chi connectivity index (χ1) is 16.3. The molecule has 1 fully saturated rings. The third kappa shape index (κ3) is 3.99. The highest BCUT2D eigenvalue weighted by Crippen LogP contribution is 2.28. The summed E-state index contributed by atoms with van der Waals surface area (Å²) in [6.07, 6.45) is 4.30. The summed E-state index contributed by atoms with van der Waals surface area (Å²) in [7, 11) is -1.84. The quantitative estimate of drug-likeness (QED) is 0.464. The molecule has 1 aliphatic rings. The number of nitrogens with zero attached hydrogens (tertiary/aromatic N) is 4. The molecule has 1 amide bonds. The third-order valence-electron chi connectivity index (χ3n) is 6.03. The van der Waals surface area contributed by atoms with Gasteiger partial charge in [-0.15, -0.1) is 0 Å². The predicted molar refractivity (Wildman–Crippen MR) is 128 cm³/mol. The Morgan fingerprint density at radius 2 is 1.88 bits per heavy atom. The number of fused-ring (bicyclic) bond motifs is 1. The lowest BCUT2D eigenvalue weighted by atomic mass is 10.1. The summed E-state index contributed by atoms with van der Waals surface area (Å²) in [6, 6.07) is 11.6. The van der Waals surface area contributed by atoms with Crippen molar-refractivity contribution in [3.05, 3.63) is 60.0 Å². The van der Waals surface area contributed by atoms with Gasteiger partial charge in [0, 0.05) is 25.8 Å². The SMILES string of the molecule is Cc1nn(C)c2nc(-c3ccco3)cc(C(=O)Nc3cccc(S(=O)(=O)N4CCCCC4)c3)c12. The van der Waals surface area contributed by atoms with Crippen LogP contribution >= 0.6 is 0 Å². The van der Waals surface area contributed by atoms with Crippen molar-refractivity contribution in [1.82, 2.24) is 19.1 Å². The molecule has 4 heterocycles. The number of rotatable bonds is 5. The van der Waals surface area contributed by atoms with Gasteiger partial charge in [0.15, 0.2) is 11.4 Å². The van der Waals surface area contributed by atoms with Crippen LogP contribution in [0, 0.1) is 6.92 Å². The topological polar surface area (TPSA) is 110 Å². The van der Waals surface area contributed by atoms with E-state index >= 15 is 0 Å². The molecule has 3 aromatic heterocycles. The lowest BCUT2D eigenvalue weighted by Gasteiger charge is -2.26. The van der Waals surface area contributed by atoms with Gasteiger partial charge >= 0.3 is 0 Å². The van der Waals surface area contributed by atoms with Crippen molar-refractivity contribution in [1.29, 1.82) is 0 Å². The zero-order valence-corrected chi connectivity index (χ0v) is 19.8. The summed E-state index contributed by atoms with van der Waals surface area (Å²) in [5.74, 6) is 0.147. The maximum Gasteiger partial charge on any atom is 0.256 e. The summed E-state index contributed by atoms with van der Waals surface area (Å²) in [5.41, 5.74) is 2.51. The Balaban J connectivity index is 1.50. The van der Waals surface area contributed by atoms with Crippen LogP contribution in [-0.4, -0.2) is 46.5 Å². The second-order valence-electron chi connectivity index (χ2n) is 8.39. The van der Waals surface area contributed by atoms with E-state index in [1.54, 1.807) is 54.4 Å². The molecule has 10 heteroatoms. The van der Waals surface area contributed by atoms with Crippen LogP contribution < -0.4 is 5.32 Å². The molecule has 0 spiro atoms. The fourth-order valence-electron chi connectivity index (χ4n) is 4.36. The second kappa shape index (κ2) is 8.69. The monoisotopic (exact) mass is 479 g/mol. The molecule has 1 N–H and O–H groups in total. The van der Waals surface area contributed by atoms with Gasteiger partial charge in [0.25, 0.3) is 5.91 Å². The fourth-order valence-corrected chi connectivity index (χ4v) is 5.92. The van der Waals surface area contributed by atoms with Crippen molar-refractivity contribution in [2.75, 3.05) is 18.4 Å². The first-order valence-corrected chi connectivity index (χ1v) is 12.6. The summed E-state index contributed by atoms with van der Waals surface area (Å²) in [5, 5.41) is 7.91. The minimum absolute atomic E-state index is 0.168. The number of benzene rings is 1. The van der Waals surface area contributed by atoms with Gasteiger partial charge in [-0.05, 0) is 56.2 Å². The normalized spacial score (nSPS) is 15.0. The van der Waals surface area contributed by atoms with Crippen LogP contribution in [0.25, 0.3) is 22.5 Å². The Hall–Kier alpha value is -3.50. The number of sulfonamides is 1. The van der Waals surface area contributed by atoms with Gasteiger partial charge in [0.1, 0.15) is 5.69 Å². The molecule has 9 nitrogen and oxygen atoms in total. The average molecular weight is 480 g/mol. The van der Waals surface area contributed by atoms with Gasteiger partial charge in [-0.2, -0.15) is 9.40 Å². The van der Waals surface area contributed by atoms with E-state index in [2.05, 4.69) is 15.4 Å². The number of carbonyl (C=O) groups excluding carboxylic acids is 1. The molecule has 1 aliphatic heterocycles. The second-order valence-corrected chi connectivity index (χ2v) is 10.3. The number of anilines is 1. The summed E-state index contributed by atoms with van der Waals surface area (Å²) >= 11 is 0. The minimum Gasteiger partial charge on any atom is -0.463 e. The lowest BCUT2D eigenvalue weighted by Crippen LogP contribution is -2.35. The van der Waals surface area contributed by atoms with Gasteiger partial charge in [0.2, 0.25) is 10.0 Å². The molecule has 0 atom stereocenters. The molecule has 0 saturated carbocycles. The van der Waals surface area contributed by atoms with Crippen molar-refractivity contribution in [3.63, 3.8) is 0 Å². The maximum absolute atomic E-state index is 13.4. The van der Waals surface area contributed by atoms with Crippen molar-refractivity contribution in [3.8, 4) is 11.5 Å². The molecule has 5 rings (SSSR count). The molecule has 4 aromatic rings. The van der Waals surface area contributed by atoms with E-state index in [0.29, 0.717) is 52.5 Å². The van der Waals surface area contributed by atoms with E-state index in [-0.39, 0.29) is 10.8 Å². The van der Waals surface area contributed by atoms with Crippen LogP contribution in [0.2, 0.25) is 0 Å². The Labute approximate surface area is 197 Å². The van der Waals surface area contributed by atoms with Crippen molar-refractivity contribution in [2.45, 2.75) is 31.1 Å². The van der Waals surface area contributed by atoms with E-state index < -0.39 is 10.0 Å². The van der Waals surface area contributed by atoms with Crippen molar-refractivity contribution >= 4 is 32.7 Å². The molecule has 0 radical (unpaired) electrons. The number of nitrogens with one attached hydrogen (secondary N) is 1. The molecule has 1 saturated heterocycles. The predicted octanol–water partition coefficient (Wildman–Crippen LogP) is 3.96. The van der Waals surface area contributed by atoms with Crippen LogP contribution in [0.5, 0.6) is 0 Å². The fraction of sp³-hybridized carbons (Fsp3) is 0.292. The molecular weight excluding hydrogens is 454 g/mol. The number of pyridine rings is 1. The average Bonchev–Trinajstić information content (AvgIpc) is 3.48. The van der Waals surface area contributed by atoms with E-state index in [9.17, 15) is 13.2 Å². The summed E-state index contributed by atoms with van der Waals surface area (Å²) in [6.45, 7) is 2.85. The maximum atomic E-state index is 13.4. The number of furan rings is 1. The molecular formula is C24H25N5O4S. The van der Waals surface area contributed by atoms with E-state index in [1.807, 2.05) is 6.92 Å². The first kappa shape index (κ1) is 22.3. The molecule has 34 heavy (non-hydrogen) atoms.